The summed E-state index contributed by atoms with van der Waals surface area (Å²) >= 11 is 0. The Bertz CT molecular complexity index is 542. The van der Waals surface area contributed by atoms with Gasteiger partial charge in [-0.05, 0) is 47.1 Å². The SMILES string of the molecule is CCC(C)c1ccc(-c2cccc(C(O)CC)c2)cc1. The summed E-state index contributed by atoms with van der Waals surface area (Å²) < 4.78 is 0. The van der Waals surface area contributed by atoms with Crippen molar-refractivity contribution in [1.82, 2.24) is 0 Å². The van der Waals surface area contributed by atoms with Crippen molar-refractivity contribution in [3.63, 3.8) is 0 Å². The molecule has 0 aliphatic carbocycles. The van der Waals surface area contributed by atoms with E-state index in [1.807, 2.05) is 19.1 Å². The molecule has 2 aromatic rings. The Morgan fingerprint density at radius 3 is 2.15 bits per heavy atom. The third kappa shape index (κ3) is 3.29. The van der Waals surface area contributed by atoms with Gasteiger partial charge in [-0.25, -0.2) is 0 Å². The highest BCUT2D eigenvalue weighted by Gasteiger charge is 2.07. The molecule has 0 aliphatic rings. The van der Waals surface area contributed by atoms with E-state index in [1.165, 1.54) is 16.7 Å². The lowest BCUT2D eigenvalue weighted by atomic mass is 9.95. The van der Waals surface area contributed by atoms with Crippen LogP contribution in [0.5, 0.6) is 0 Å². The van der Waals surface area contributed by atoms with Crippen molar-refractivity contribution in [2.45, 2.75) is 45.6 Å². The molecule has 0 radical (unpaired) electrons. The molecule has 0 spiro atoms. The van der Waals surface area contributed by atoms with E-state index in [-0.39, 0.29) is 6.10 Å². The van der Waals surface area contributed by atoms with Crippen molar-refractivity contribution in [1.29, 1.82) is 0 Å². The Morgan fingerprint density at radius 1 is 0.850 bits per heavy atom. The quantitative estimate of drug-likeness (QED) is 0.779. The third-order valence-electron chi connectivity index (χ3n) is 4.08. The lowest BCUT2D eigenvalue weighted by molar-refractivity contribution is 0.174. The van der Waals surface area contributed by atoms with Crippen molar-refractivity contribution in [2.24, 2.45) is 0 Å². The zero-order valence-corrected chi connectivity index (χ0v) is 12.6. The Labute approximate surface area is 122 Å². The Hall–Kier alpha value is -1.60. The van der Waals surface area contributed by atoms with Gasteiger partial charge in [0.25, 0.3) is 0 Å². The number of hydrogen-bond acceptors (Lipinski definition) is 1. The molecule has 0 aromatic heterocycles. The Morgan fingerprint density at radius 2 is 1.55 bits per heavy atom. The normalized spacial score (nSPS) is 14.0. The topological polar surface area (TPSA) is 20.2 Å². The van der Waals surface area contributed by atoms with Gasteiger partial charge in [-0.2, -0.15) is 0 Å². The van der Waals surface area contributed by atoms with Crippen molar-refractivity contribution >= 4 is 0 Å². The first kappa shape index (κ1) is 14.8. The Kier molecular flexibility index (Phi) is 4.97. The van der Waals surface area contributed by atoms with Crippen LogP contribution in [0.1, 0.15) is 56.8 Å². The van der Waals surface area contributed by atoms with Gasteiger partial charge < -0.3 is 5.11 Å². The van der Waals surface area contributed by atoms with Gasteiger partial charge in [0.1, 0.15) is 0 Å². The summed E-state index contributed by atoms with van der Waals surface area (Å²) in [6.45, 7) is 6.47. The van der Waals surface area contributed by atoms with Crippen LogP contribution in [0, 0.1) is 0 Å². The maximum atomic E-state index is 9.95. The molecule has 0 saturated heterocycles. The van der Waals surface area contributed by atoms with Crippen LogP contribution in [0.3, 0.4) is 0 Å². The van der Waals surface area contributed by atoms with Crippen LogP contribution in [0.4, 0.5) is 0 Å². The molecule has 0 bridgehead atoms. The molecule has 0 fully saturated rings. The van der Waals surface area contributed by atoms with Crippen LogP contribution in [-0.2, 0) is 0 Å². The van der Waals surface area contributed by atoms with E-state index in [0.717, 1.165) is 18.4 Å². The van der Waals surface area contributed by atoms with Crippen LogP contribution in [0.25, 0.3) is 11.1 Å². The molecule has 20 heavy (non-hydrogen) atoms. The Balaban J connectivity index is 2.27. The largest absolute Gasteiger partial charge is 0.388 e. The highest BCUT2D eigenvalue weighted by atomic mass is 16.3. The second-order valence-electron chi connectivity index (χ2n) is 5.48. The zero-order valence-electron chi connectivity index (χ0n) is 12.6. The lowest BCUT2D eigenvalue weighted by Crippen LogP contribution is -1.95. The van der Waals surface area contributed by atoms with E-state index in [0.29, 0.717) is 5.92 Å². The van der Waals surface area contributed by atoms with Crippen LogP contribution in [0.15, 0.2) is 48.5 Å². The summed E-state index contributed by atoms with van der Waals surface area (Å²) in [5.74, 6) is 0.609. The van der Waals surface area contributed by atoms with E-state index in [1.54, 1.807) is 0 Å². The second kappa shape index (κ2) is 6.71. The minimum absolute atomic E-state index is 0.366. The van der Waals surface area contributed by atoms with Gasteiger partial charge in [-0.1, -0.05) is 63.2 Å². The monoisotopic (exact) mass is 268 g/mol. The van der Waals surface area contributed by atoms with Crippen molar-refractivity contribution in [3.05, 3.63) is 59.7 Å². The molecule has 0 heterocycles. The molecule has 0 saturated carbocycles. The standard InChI is InChI=1S/C19H24O/c1-4-14(3)15-9-11-16(12-10-15)17-7-6-8-18(13-17)19(20)5-2/h6-14,19-20H,4-5H2,1-3H3. The highest BCUT2D eigenvalue weighted by molar-refractivity contribution is 5.64. The molecule has 1 nitrogen and oxygen atoms in total. The maximum absolute atomic E-state index is 9.95. The first-order chi connectivity index (χ1) is 9.65. The molecule has 2 atom stereocenters. The predicted octanol–water partition coefficient (Wildman–Crippen LogP) is 5.31. The lowest BCUT2D eigenvalue weighted by Gasteiger charge is -2.12. The molecular weight excluding hydrogens is 244 g/mol. The van der Waals surface area contributed by atoms with Gasteiger partial charge in [0.15, 0.2) is 0 Å². The summed E-state index contributed by atoms with van der Waals surface area (Å²) in [7, 11) is 0. The fraction of sp³-hybridized carbons (Fsp3) is 0.368. The molecule has 0 amide bonds. The van der Waals surface area contributed by atoms with Gasteiger partial charge in [0.2, 0.25) is 0 Å². The van der Waals surface area contributed by atoms with Gasteiger partial charge >= 0.3 is 0 Å². The minimum Gasteiger partial charge on any atom is -0.388 e. The first-order valence-corrected chi connectivity index (χ1v) is 7.54. The first-order valence-electron chi connectivity index (χ1n) is 7.54. The molecule has 0 aliphatic heterocycles. The van der Waals surface area contributed by atoms with E-state index < -0.39 is 0 Å². The molecule has 1 N–H and O–H groups in total. The van der Waals surface area contributed by atoms with Crippen LogP contribution < -0.4 is 0 Å². The molecule has 2 unspecified atom stereocenters. The number of aliphatic hydroxyl groups is 1. The zero-order chi connectivity index (χ0) is 14.5. The molecular formula is C19H24O. The van der Waals surface area contributed by atoms with E-state index in [9.17, 15) is 5.11 Å². The van der Waals surface area contributed by atoms with Crippen LogP contribution in [0.2, 0.25) is 0 Å². The van der Waals surface area contributed by atoms with Crippen molar-refractivity contribution in [3.8, 4) is 11.1 Å². The van der Waals surface area contributed by atoms with Crippen molar-refractivity contribution < 1.29 is 5.11 Å². The van der Waals surface area contributed by atoms with E-state index in [4.69, 9.17) is 0 Å². The average molecular weight is 268 g/mol. The van der Waals surface area contributed by atoms with Gasteiger partial charge in [0, 0.05) is 0 Å². The highest BCUT2D eigenvalue weighted by Crippen LogP contribution is 2.26. The number of benzene rings is 2. The van der Waals surface area contributed by atoms with Crippen LogP contribution >= 0.6 is 0 Å². The number of rotatable bonds is 5. The third-order valence-corrected chi connectivity index (χ3v) is 4.08. The smallest absolute Gasteiger partial charge is 0.0787 e. The fourth-order valence-electron chi connectivity index (χ4n) is 2.40. The van der Waals surface area contributed by atoms with Crippen molar-refractivity contribution in [2.75, 3.05) is 0 Å². The second-order valence-corrected chi connectivity index (χ2v) is 5.48. The molecule has 1 heteroatoms. The average Bonchev–Trinajstić information content (AvgIpc) is 2.53. The number of aliphatic hydroxyl groups excluding tert-OH is 1. The maximum Gasteiger partial charge on any atom is 0.0787 e. The molecule has 2 aromatic carbocycles. The van der Waals surface area contributed by atoms with E-state index in [2.05, 4.69) is 50.2 Å². The molecule has 106 valence electrons. The summed E-state index contributed by atoms with van der Waals surface area (Å²) in [5, 5.41) is 9.95. The van der Waals surface area contributed by atoms with Gasteiger partial charge in [-0.3, -0.25) is 0 Å². The van der Waals surface area contributed by atoms with Crippen LogP contribution in [-0.4, -0.2) is 5.11 Å². The fourth-order valence-corrected chi connectivity index (χ4v) is 2.40. The molecule has 2 rings (SSSR count). The van der Waals surface area contributed by atoms with Gasteiger partial charge in [0.05, 0.1) is 6.10 Å². The summed E-state index contributed by atoms with van der Waals surface area (Å²) in [6, 6.07) is 17.0. The van der Waals surface area contributed by atoms with Gasteiger partial charge in [-0.15, -0.1) is 0 Å². The van der Waals surface area contributed by atoms with E-state index >= 15 is 0 Å². The summed E-state index contributed by atoms with van der Waals surface area (Å²) in [6.07, 6.45) is 1.54. The summed E-state index contributed by atoms with van der Waals surface area (Å²) in [5.41, 5.74) is 4.77. The minimum atomic E-state index is -0.366. The number of hydrogen-bond donors (Lipinski definition) is 1. The predicted molar refractivity (Wildman–Crippen MR) is 85.8 cm³/mol. The summed E-state index contributed by atoms with van der Waals surface area (Å²) in [4.78, 5) is 0.